The summed E-state index contributed by atoms with van der Waals surface area (Å²) >= 11 is 0. The van der Waals surface area contributed by atoms with Crippen molar-refractivity contribution in [3.8, 4) is 5.69 Å². The molecule has 1 atom stereocenters. The van der Waals surface area contributed by atoms with Crippen LogP contribution in [0.3, 0.4) is 0 Å². The van der Waals surface area contributed by atoms with Gasteiger partial charge in [0.05, 0.1) is 17.9 Å². The number of carbonyl (C=O) groups excluding carboxylic acids is 2. The summed E-state index contributed by atoms with van der Waals surface area (Å²) in [7, 11) is 1.67. The number of aromatic nitrogens is 2. The molecule has 1 heterocycles. The zero-order chi connectivity index (χ0) is 22.9. The fourth-order valence-electron chi connectivity index (χ4n) is 3.24. The van der Waals surface area contributed by atoms with Gasteiger partial charge in [-0.05, 0) is 44.5 Å². The number of benzene rings is 2. The van der Waals surface area contributed by atoms with Crippen molar-refractivity contribution in [1.29, 1.82) is 0 Å². The van der Waals surface area contributed by atoms with Gasteiger partial charge in [-0.2, -0.15) is 0 Å². The highest BCUT2D eigenvalue weighted by molar-refractivity contribution is 5.94. The SMILES string of the molecule is CN[C@@H](C)C(=O)Nc1cn(-c2ccccc2)n(CC(=O)NCCCc2ccccc2)c1=O. The fraction of sp³-hybridized carbons (Fsp3) is 0.292. The van der Waals surface area contributed by atoms with Crippen molar-refractivity contribution in [2.45, 2.75) is 32.4 Å². The van der Waals surface area contributed by atoms with E-state index in [4.69, 9.17) is 0 Å². The molecule has 8 heteroatoms. The molecule has 8 nitrogen and oxygen atoms in total. The molecule has 3 N–H and O–H groups in total. The van der Waals surface area contributed by atoms with Gasteiger partial charge in [0.15, 0.2) is 0 Å². The molecule has 0 aliphatic carbocycles. The Bertz CT molecular complexity index is 1090. The van der Waals surface area contributed by atoms with Crippen LogP contribution in [0.25, 0.3) is 5.69 Å². The Labute approximate surface area is 187 Å². The number of amides is 2. The molecule has 2 amide bonds. The molecule has 3 rings (SSSR count). The maximum Gasteiger partial charge on any atom is 0.291 e. The lowest BCUT2D eigenvalue weighted by Gasteiger charge is -2.11. The Hall–Kier alpha value is -3.65. The predicted octanol–water partition coefficient (Wildman–Crippen LogP) is 1.93. The highest BCUT2D eigenvalue weighted by atomic mass is 16.2. The van der Waals surface area contributed by atoms with Crippen LogP contribution in [0.5, 0.6) is 0 Å². The van der Waals surface area contributed by atoms with E-state index in [0.717, 1.165) is 12.8 Å². The van der Waals surface area contributed by atoms with Gasteiger partial charge in [0.2, 0.25) is 11.8 Å². The normalized spacial score (nSPS) is 11.7. The first kappa shape index (κ1) is 23.0. The minimum Gasteiger partial charge on any atom is -0.354 e. The lowest BCUT2D eigenvalue weighted by Crippen LogP contribution is -2.37. The fourth-order valence-corrected chi connectivity index (χ4v) is 3.24. The number of nitrogens with zero attached hydrogens (tertiary/aromatic N) is 2. The first-order valence-corrected chi connectivity index (χ1v) is 10.7. The lowest BCUT2D eigenvalue weighted by molar-refractivity contribution is -0.122. The summed E-state index contributed by atoms with van der Waals surface area (Å²) in [5.74, 6) is -0.593. The Balaban J connectivity index is 1.71. The average Bonchev–Trinajstić information content (AvgIpc) is 3.12. The second-order valence-corrected chi connectivity index (χ2v) is 7.52. The zero-order valence-electron chi connectivity index (χ0n) is 18.4. The first-order chi connectivity index (χ1) is 15.5. The first-order valence-electron chi connectivity index (χ1n) is 10.7. The molecule has 32 heavy (non-hydrogen) atoms. The summed E-state index contributed by atoms with van der Waals surface area (Å²) in [4.78, 5) is 37.8. The van der Waals surface area contributed by atoms with Crippen LogP contribution in [0.4, 0.5) is 5.69 Å². The predicted molar refractivity (Wildman–Crippen MR) is 125 cm³/mol. The number of carbonyl (C=O) groups is 2. The number of aryl methyl sites for hydroxylation is 1. The number of para-hydroxylation sites is 1. The van der Waals surface area contributed by atoms with Crippen molar-refractivity contribution < 1.29 is 9.59 Å². The third kappa shape index (κ3) is 5.95. The highest BCUT2D eigenvalue weighted by Crippen LogP contribution is 2.11. The van der Waals surface area contributed by atoms with E-state index in [1.165, 1.54) is 10.2 Å². The molecule has 0 bridgehead atoms. The third-order valence-electron chi connectivity index (χ3n) is 5.18. The summed E-state index contributed by atoms with van der Waals surface area (Å²) in [6, 6.07) is 18.8. The van der Waals surface area contributed by atoms with Gasteiger partial charge in [0.25, 0.3) is 5.56 Å². The van der Waals surface area contributed by atoms with E-state index >= 15 is 0 Å². The summed E-state index contributed by atoms with van der Waals surface area (Å²) < 4.78 is 2.91. The molecular weight excluding hydrogens is 406 g/mol. The van der Waals surface area contributed by atoms with Crippen molar-refractivity contribution in [2.24, 2.45) is 0 Å². The van der Waals surface area contributed by atoms with E-state index in [9.17, 15) is 14.4 Å². The van der Waals surface area contributed by atoms with Crippen LogP contribution in [-0.4, -0.2) is 40.8 Å². The van der Waals surface area contributed by atoms with Crippen molar-refractivity contribution in [1.82, 2.24) is 20.0 Å². The van der Waals surface area contributed by atoms with Crippen LogP contribution in [0, 0.1) is 0 Å². The largest absolute Gasteiger partial charge is 0.354 e. The van der Waals surface area contributed by atoms with Crippen LogP contribution in [-0.2, 0) is 22.6 Å². The number of likely N-dealkylation sites (N-methyl/N-ethyl adjacent to an activating group) is 1. The molecule has 0 spiro atoms. The maximum atomic E-state index is 13.0. The Morgan fingerprint density at radius 3 is 2.31 bits per heavy atom. The molecule has 2 aromatic carbocycles. The van der Waals surface area contributed by atoms with Gasteiger partial charge >= 0.3 is 0 Å². The van der Waals surface area contributed by atoms with E-state index in [0.29, 0.717) is 12.2 Å². The molecule has 0 aliphatic rings. The Morgan fingerprint density at radius 2 is 1.66 bits per heavy atom. The topological polar surface area (TPSA) is 97.2 Å². The second-order valence-electron chi connectivity index (χ2n) is 7.52. The van der Waals surface area contributed by atoms with Crippen molar-refractivity contribution in [2.75, 3.05) is 18.9 Å². The summed E-state index contributed by atoms with van der Waals surface area (Å²) in [6.07, 6.45) is 3.20. The molecule has 0 saturated heterocycles. The summed E-state index contributed by atoms with van der Waals surface area (Å²) in [5.41, 5.74) is 1.61. The van der Waals surface area contributed by atoms with Gasteiger partial charge < -0.3 is 16.0 Å². The van der Waals surface area contributed by atoms with Gasteiger partial charge in [-0.1, -0.05) is 48.5 Å². The van der Waals surface area contributed by atoms with Crippen molar-refractivity contribution in [3.63, 3.8) is 0 Å². The van der Waals surface area contributed by atoms with E-state index < -0.39 is 11.6 Å². The summed E-state index contributed by atoms with van der Waals surface area (Å²) in [5, 5.41) is 8.36. The molecule has 1 aromatic heterocycles. The van der Waals surface area contributed by atoms with Gasteiger partial charge in [0.1, 0.15) is 12.2 Å². The smallest absolute Gasteiger partial charge is 0.291 e. The maximum absolute atomic E-state index is 13.0. The standard InChI is InChI=1S/C24H29N5O3/c1-18(25-2)23(31)27-21-16-28(20-13-7-4-8-14-20)29(24(21)32)17-22(30)26-15-9-12-19-10-5-3-6-11-19/h3-8,10-11,13-14,16,18,25H,9,12,15,17H2,1-2H3,(H,26,30)(H,27,31)/t18-/m0/s1. The number of hydrogen-bond acceptors (Lipinski definition) is 4. The molecule has 3 aromatic rings. The Kier molecular flexibility index (Phi) is 7.99. The van der Waals surface area contributed by atoms with Crippen LogP contribution < -0.4 is 21.5 Å². The molecule has 0 saturated carbocycles. The van der Waals surface area contributed by atoms with Crippen LogP contribution in [0.1, 0.15) is 18.9 Å². The molecule has 168 valence electrons. The minimum atomic E-state index is -0.462. The zero-order valence-corrected chi connectivity index (χ0v) is 18.4. The van der Waals surface area contributed by atoms with Crippen LogP contribution in [0.15, 0.2) is 71.7 Å². The Morgan fingerprint density at radius 1 is 1.00 bits per heavy atom. The lowest BCUT2D eigenvalue weighted by atomic mass is 10.1. The van der Waals surface area contributed by atoms with E-state index in [-0.39, 0.29) is 24.0 Å². The van der Waals surface area contributed by atoms with E-state index in [2.05, 4.69) is 28.1 Å². The minimum absolute atomic E-state index is 0.123. The quantitative estimate of drug-likeness (QED) is 0.424. The number of anilines is 1. The number of rotatable bonds is 10. The molecule has 0 fully saturated rings. The van der Waals surface area contributed by atoms with Crippen LogP contribution in [0.2, 0.25) is 0 Å². The summed E-state index contributed by atoms with van der Waals surface area (Å²) in [6.45, 7) is 2.05. The monoisotopic (exact) mass is 435 g/mol. The van der Waals surface area contributed by atoms with Crippen molar-refractivity contribution >= 4 is 17.5 Å². The van der Waals surface area contributed by atoms with E-state index in [1.807, 2.05) is 48.5 Å². The molecule has 0 radical (unpaired) electrons. The van der Waals surface area contributed by atoms with Crippen LogP contribution >= 0.6 is 0 Å². The van der Waals surface area contributed by atoms with E-state index in [1.54, 1.807) is 24.9 Å². The molecule has 0 aliphatic heterocycles. The molecular formula is C24H29N5O3. The molecule has 0 unspecified atom stereocenters. The number of nitrogens with one attached hydrogen (secondary N) is 3. The average molecular weight is 436 g/mol. The van der Waals surface area contributed by atoms with Crippen molar-refractivity contribution in [3.05, 3.63) is 82.8 Å². The van der Waals surface area contributed by atoms with Gasteiger partial charge in [-0.15, -0.1) is 0 Å². The number of hydrogen-bond donors (Lipinski definition) is 3. The second kappa shape index (κ2) is 11.1. The van der Waals surface area contributed by atoms with Gasteiger partial charge in [0, 0.05) is 6.54 Å². The third-order valence-corrected chi connectivity index (χ3v) is 5.18. The van der Waals surface area contributed by atoms with Gasteiger partial charge in [-0.25, -0.2) is 4.68 Å². The van der Waals surface area contributed by atoms with Gasteiger partial charge in [-0.3, -0.25) is 19.1 Å². The highest BCUT2D eigenvalue weighted by Gasteiger charge is 2.19.